The van der Waals surface area contributed by atoms with E-state index >= 15 is 0 Å². The lowest BCUT2D eigenvalue weighted by molar-refractivity contribution is -0.167. The van der Waals surface area contributed by atoms with E-state index in [0.29, 0.717) is 19.3 Å². The van der Waals surface area contributed by atoms with Crippen LogP contribution in [-0.2, 0) is 28.6 Å². The second-order valence-corrected chi connectivity index (χ2v) is 17.5. The summed E-state index contributed by atoms with van der Waals surface area (Å²) in [5.74, 6) is -0.920. The number of esters is 3. The number of hydrogen-bond acceptors (Lipinski definition) is 6. The van der Waals surface area contributed by atoms with Gasteiger partial charge in [0.15, 0.2) is 6.10 Å². The Balaban J connectivity index is 4.44. The van der Waals surface area contributed by atoms with Gasteiger partial charge < -0.3 is 14.2 Å². The zero-order valence-electron chi connectivity index (χ0n) is 41.3. The average molecular weight is 879 g/mol. The maximum absolute atomic E-state index is 12.8. The maximum atomic E-state index is 12.8. The quantitative estimate of drug-likeness (QED) is 0.0199. The summed E-state index contributed by atoms with van der Waals surface area (Å²) >= 11 is 0. The van der Waals surface area contributed by atoms with E-state index in [4.69, 9.17) is 14.2 Å². The predicted octanol–water partition coefficient (Wildman–Crippen LogP) is 17.4. The van der Waals surface area contributed by atoms with Crippen LogP contribution in [-0.4, -0.2) is 37.2 Å². The minimum atomic E-state index is -0.790. The van der Waals surface area contributed by atoms with E-state index in [1.165, 1.54) is 116 Å². The van der Waals surface area contributed by atoms with Gasteiger partial charge in [-0.3, -0.25) is 14.4 Å². The third-order valence-corrected chi connectivity index (χ3v) is 11.2. The Kier molecular flexibility index (Phi) is 48.9. The van der Waals surface area contributed by atoms with Gasteiger partial charge in [-0.1, -0.05) is 209 Å². The molecule has 0 aliphatic rings. The molecule has 0 heterocycles. The van der Waals surface area contributed by atoms with Crippen molar-refractivity contribution in [1.29, 1.82) is 0 Å². The molecule has 1 atom stereocenters. The van der Waals surface area contributed by atoms with Crippen LogP contribution in [0.3, 0.4) is 0 Å². The summed E-state index contributed by atoms with van der Waals surface area (Å²) in [6.45, 7) is 6.45. The monoisotopic (exact) mass is 879 g/mol. The molecule has 0 radical (unpaired) electrons. The molecule has 0 aromatic heterocycles. The van der Waals surface area contributed by atoms with Crippen LogP contribution < -0.4 is 0 Å². The van der Waals surface area contributed by atoms with E-state index in [9.17, 15) is 14.4 Å². The van der Waals surface area contributed by atoms with Gasteiger partial charge in [0, 0.05) is 19.3 Å². The zero-order chi connectivity index (χ0) is 45.8. The van der Waals surface area contributed by atoms with Gasteiger partial charge in [-0.25, -0.2) is 0 Å². The molecular weight excluding hydrogens is 781 g/mol. The second-order valence-electron chi connectivity index (χ2n) is 17.5. The fourth-order valence-electron chi connectivity index (χ4n) is 7.23. The molecule has 0 rings (SSSR count). The molecule has 0 bridgehead atoms. The molecule has 0 spiro atoms. The molecule has 0 saturated heterocycles. The van der Waals surface area contributed by atoms with Crippen molar-refractivity contribution in [2.75, 3.05) is 13.2 Å². The first-order valence-corrected chi connectivity index (χ1v) is 26.5. The van der Waals surface area contributed by atoms with Crippen molar-refractivity contribution in [3.8, 4) is 0 Å². The smallest absolute Gasteiger partial charge is 0.306 e. The van der Waals surface area contributed by atoms with Crippen molar-refractivity contribution in [2.45, 2.75) is 258 Å². The van der Waals surface area contributed by atoms with E-state index in [1.807, 2.05) is 0 Å². The van der Waals surface area contributed by atoms with Crippen molar-refractivity contribution >= 4 is 17.9 Å². The van der Waals surface area contributed by atoms with Crippen LogP contribution in [0.15, 0.2) is 72.9 Å². The Morgan fingerprint density at radius 2 is 0.683 bits per heavy atom. The van der Waals surface area contributed by atoms with Crippen molar-refractivity contribution in [3.63, 3.8) is 0 Å². The van der Waals surface area contributed by atoms with E-state index < -0.39 is 6.10 Å². The van der Waals surface area contributed by atoms with E-state index in [0.717, 1.165) is 96.3 Å². The molecule has 0 aromatic rings. The molecule has 6 nitrogen and oxygen atoms in total. The molecule has 0 saturated carbocycles. The lowest BCUT2D eigenvalue weighted by atomic mass is 10.1. The van der Waals surface area contributed by atoms with Gasteiger partial charge >= 0.3 is 17.9 Å². The number of rotatable bonds is 47. The lowest BCUT2D eigenvalue weighted by Gasteiger charge is -2.18. The molecule has 0 fully saturated rings. The minimum absolute atomic E-state index is 0.0893. The minimum Gasteiger partial charge on any atom is -0.462 e. The van der Waals surface area contributed by atoms with Gasteiger partial charge in [-0.15, -0.1) is 0 Å². The van der Waals surface area contributed by atoms with Crippen molar-refractivity contribution < 1.29 is 28.6 Å². The Morgan fingerprint density at radius 1 is 0.349 bits per heavy atom. The van der Waals surface area contributed by atoms with E-state index in [2.05, 4.69) is 93.7 Å². The fraction of sp³-hybridized carbons (Fsp3) is 0.737. The molecule has 362 valence electrons. The third kappa shape index (κ3) is 49.7. The molecule has 6 heteroatoms. The van der Waals surface area contributed by atoms with Crippen LogP contribution in [0, 0.1) is 0 Å². The highest BCUT2D eigenvalue weighted by Gasteiger charge is 2.19. The molecule has 0 aromatic carbocycles. The van der Waals surface area contributed by atoms with Gasteiger partial charge in [0.1, 0.15) is 13.2 Å². The number of hydrogen-bond donors (Lipinski definition) is 0. The first-order valence-electron chi connectivity index (χ1n) is 26.5. The number of carbonyl (C=O) groups excluding carboxylic acids is 3. The summed E-state index contributed by atoms with van der Waals surface area (Å²) in [6.07, 6.45) is 64.5. The number of ether oxygens (including phenoxy) is 3. The van der Waals surface area contributed by atoms with Gasteiger partial charge in [-0.2, -0.15) is 0 Å². The summed E-state index contributed by atoms with van der Waals surface area (Å²) in [6, 6.07) is 0. The highest BCUT2D eigenvalue weighted by molar-refractivity contribution is 5.71. The van der Waals surface area contributed by atoms with E-state index in [-0.39, 0.29) is 31.1 Å². The normalized spacial score (nSPS) is 12.6. The summed E-state index contributed by atoms with van der Waals surface area (Å²) in [4.78, 5) is 38.0. The van der Waals surface area contributed by atoms with Crippen LogP contribution in [0.5, 0.6) is 0 Å². The summed E-state index contributed by atoms with van der Waals surface area (Å²) < 4.78 is 16.8. The Labute approximate surface area is 389 Å². The molecule has 63 heavy (non-hydrogen) atoms. The van der Waals surface area contributed by atoms with Gasteiger partial charge in [0.05, 0.1) is 0 Å². The number of unbranched alkanes of at least 4 members (excludes halogenated alkanes) is 26. The van der Waals surface area contributed by atoms with Gasteiger partial charge in [-0.05, 0) is 96.3 Å². The number of carbonyl (C=O) groups is 3. The predicted molar refractivity (Wildman–Crippen MR) is 270 cm³/mol. The van der Waals surface area contributed by atoms with Gasteiger partial charge in [0.25, 0.3) is 0 Å². The van der Waals surface area contributed by atoms with Crippen LogP contribution in [0.2, 0.25) is 0 Å². The maximum Gasteiger partial charge on any atom is 0.306 e. The van der Waals surface area contributed by atoms with Crippen LogP contribution >= 0.6 is 0 Å². The SMILES string of the molecule is CC/C=C/C=C/C=C/CCCCCCCCCC(=O)OC(COC(=O)CCCCCCC/C=C/C/C=C/CCCCC)COC(=O)CCCCCCC/C=C/CCCCCCCC. The van der Waals surface area contributed by atoms with Crippen molar-refractivity contribution in [2.24, 2.45) is 0 Å². The lowest BCUT2D eigenvalue weighted by Crippen LogP contribution is -2.30. The standard InChI is InChI=1S/C57H98O6/c1-4-7-10-13-16-19-22-25-28-31-34-37-40-43-46-49-55(58)61-52-54(63-57(60)51-48-45-42-39-36-33-30-27-24-21-18-15-12-9-6-3)53-62-56(59)50-47-44-41-38-35-32-29-26-23-20-17-14-11-8-5-2/h9,12,15-16,18-19,21,24-26,28-29,54H,4-8,10-11,13-14,17,20,22-23,27,30-53H2,1-3H3/b12-9+,18-15+,19-16+,24-21+,28-25+,29-26+. The summed E-state index contributed by atoms with van der Waals surface area (Å²) in [5.41, 5.74) is 0. The first kappa shape index (κ1) is 59.9. The summed E-state index contributed by atoms with van der Waals surface area (Å²) in [7, 11) is 0. The Hall–Kier alpha value is -3.15. The van der Waals surface area contributed by atoms with Crippen LogP contribution in [0.1, 0.15) is 252 Å². The molecular formula is C57H98O6. The van der Waals surface area contributed by atoms with Crippen LogP contribution in [0.25, 0.3) is 0 Å². The summed E-state index contributed by atoms with van der Waals surface area (Å²) in [5, 5.41) is 0. The van der Waals surface area contributed by atoms with Crippen LogP contribution in [0.4, 0.5) is 0 Å². The molecule has 0 aliphatic carbocycles. The van der Waals surface area contributed by atoms with Crippen molar-refractivity contribution in [3.05, 3.63) is 72.9 Å². The highest BCUT2D eigenvalue weighted by Crippen LogP contribution is 2.14. The number of allylic oxidation sites excluding steroid dienone is 12. The van der Waals surface area contributed by atoms with Gasteiger partial charge in [0.2, 0.25) is 0 Å². The zero-order valence-corrected chi connectivity index (χ0v) is 41.3. The Bertz CT molecular complexity index is 1190. The molecule has 0 N–H and O–H groups in total. The average Bonchev–Trinajstić information content (AvgIpc) is 3.28. The first-order chi connectivity index (χ1) is 31.0. The molecule has 0 aliphatic heterocycles. The highest BCUT2D eigenvalue weighted by atomic mass is 16.6. The molecule has 0 amide bonds. The largest absolute Gasteiger partial charge is 0.462 e. The second kappa shape index (κ2) is 51.5. The van der Waals surface area contributed by atoms with E-state index in [1.54, 1.807) is 0 Å². The Morgan fingerprint density at radius 3 is 1.13 bits per heavy atom. The molecule has 1 unspecified atom stereocenters. The third-order valence-electron chi connectivity index (χ3n) is 11.2. The topological polar surface area (TPSA) is 78.9 Å². The fourth-order valence-corrected chi connectivity index (χ4v) is 7.23. The van der Waals surface area contributed by atoms with Crippen molar-refractivity contribution in [1.82, 2.24) is 0 Å².